The number of sulfonamides is 1. The molecule has 0 unspecified atom stereocenters. The highest BCUT2D eigenvalue weighted by molar-refractivity contribution is 7.92. The number of carbonyl (C=O) groups excluding carboxylic acids is 2. The van der Waals surface area contributed by atoms with Crippen molar-refractivity contribution in [2.45, 2.75) is 32.7 Å². The molecule has 1 N–H and O–H groups in total. The van der Waals surface area contributed by atoms with Crippen molar-refractivity contribution < 1.29 is 22.7 Å². The number of ether oxygens (including phenoxy) is 1. The van der Waals surface area contributed by atoms with Gasteiger partial charge < -0.3 is 10.1 Å². The number of carbonyl (C=O) groups is 2. The molecule has 0 saturated carbocycles. The van der Waals surface area contributed by atoms with Crippen LogP contribution in [0.15, 0.2) is 24.3 Å². The second kappa shape index (κ2) is 7.65. The topological polar surface area (TPSA) is 92.8 Å². The van der Waals surface area contributed by atoms with Crippen LogP contribution in [0.25, 0.3) is 0 Å². The zero-order valence-corrected chi connectivity index (χ0v) is 15.4. The van der Waals surface area contributed by atoms with Crippen molar-refractivity contribution in [2.75, 3.05) is 24.2 Å². The molecule has 0 spiro atoms. The SMILES string of the molecule is COC(=O)c1cccc(N(CCC(=O)NC(C)(C)C)S(C)(=O)=O)c1. The van der Waals surface area contributed by atoms with E-state index in [0.717, 1.165) is 10.6 Å². The van der Waals surface area contributed by atoms with Crippen LogP contribution in [0, 0.1) is 0 Å². The van der Waals surface area contributed by atoms with Crippen molar-refractivity contribution >= 4 is 27.6 Å². The lowest BCUT2D eigenvalue weighted by molar-refractivity contribution is -0.122. The zero-order valence-electron chi connectivity index (χ0n) is 14.6. The molecule has 0 radical (unpaired) electrons. The number of rotatable bonds is 6. The third-order valence-electron chi connectivity index (χ3n) is 3.01. The average Bonchev–Trinajstić information content (AvgIpc) is 2.43. The number of nitrogens with one attached hydrogen (secondary N) is 1. The first-order valence-electron chi connectivity index (χ1n) is 7.41. The van der Waals surface area contributed by atoms with Crippen molar-refractivity contribution in [1.29, 1.82) is 0 Å². The first kappa shape index (κ1) is 20.0. The standard InChI is InChI=1S/C16H24N2O5S/c1-16(2,3)17-14(19)9-10-18(24(5,21)22)13-8-6-7-12(11-13)15(20)23-4/h6-8,11H,9-10H2,1-5H3,(H,17,19). The van der Waals surface area contributed by atoms with E-state index < -0.39 is 21.5 Å². The molecule has 0 heterocycles. The van der Waals surface area contributed by atoms with Gasteiger partial charge in [0.15, 0.2) is 0 Å². The third kappa shape index (κ3) is 6.19. The van der Waals surface area contributed by atoms with Crippen molar-refractivity contribution in [3.63, 3.8) is 0 Å². The second-order valence-electron chi connectivity index (χ2n) is 6.43. The minimum absolute atomic E-state index is 0.00674. The van der Waals surface area contributed by atoms with E-state index in [2.05, 4.69) is 10.1 Å². The maximum atomic E-state index is 12.1. The molecule has 0 aliphatic rings. The summed E-state index contributed by atoms with van der Waals surface area (Å²) in [7, 11) is -2.36. The molecule has 0 saturated heterocycles. The fourth-order valence-electron chi connectivity index (χ4n) is 2.08. The van der Waals surface area contributed by atoms with Gasteiger partial charge in [-0.15, -0.1) is 0 Å². The first-order valence-corrected chi connectivity index (χ1v) is 9.26. The van der Waals surface area contributed by atoms with E-state index >= 15 is 0 Å². The Balaban J connectivity index is 3.00. The molecular formula is C16H24N2O5S. The van der Waals surface area contributed by atoms with Crippen LogP contribution < -0.4 is 9.62 Å². The normalized spacial score (nSPS) is 11.7. The molecular weight excluding hydrogens is 332 g/mol. The number of hydrogen-bond donors (Lipinski definition) is 1. The minimum atomic E-state index is -3.61. The summed E-state index contributed by atoms with van der Waals surface area (Å²) in [4.78, 5) is 23.5. The fourth-order valence-corrected chi connectivity index (χ4v) is 3.00. The third-order valence-corrected chi connectivity index (χ3v) is 4.21. The summed E-state index contributed by atoms with van der Waals surface area (Å²) in [5, 5.41) is 2.78. The lowest BCUT2D eigenvalue weighted by atomic mass is 10.1. The Morgan fingerprint density at radius 1 is 1.25 bits per heavy atom. The van der Waals surface area contributed by atoms with E-state index in [1.165, 1.54) is 19.2 Å². The molecule has 0 bridgehead atoms. The Morgan fingerprint density at radius 2 is 1.88 bits per heavy atom. The average molecular weight is 356 g/mol. The molecule has 7 nitrogen and oxygen atoms in total. The van der Waals surface area contributed by atoms with Gasteiger partial charge in [0.2, 0.25) is 15.9 Å². The molecule has 1 rings (SSSR count). The molecule has 0 aliphatic heterocycles. The van der Waals surface area contributed by atoms with Gasteiger partial charge in [-0.1, -0.05) is 6.07 Å². The number of methoxy groups -OCH3 is 1. The summed E-state index contributed by atoms with van der Waals surface area (Å²) >= 11 is 0. The van der Waals surface area contributed by atoms with Gasteiger partial charge in [-0.3, -0.25) is 9.10 Å². The monoisotopic (exact) mass is 356 g/mol. The van der Waals surface area contributed by atoms with Crippen LogP contribution in [0.5, 0.6) is 0 Å². The number of nitrogens with zero attached hydrogens (tertiary/aromatic N) is 1. The number of amides is 1. The number of benzene rings is 1. The molecule has 0 aliphatic carbocycles. The molecule has 1 amide bonds. The summed E-state index contributed by atoms with van der Waals surface area (Å²) in [5.74, 6) is -0.809. The molecule has 0 aromatic heterocycles. The van der Waals surface area contributed by atoms with Gasteiger partial charge in [-0.2, -0.15) is 0 Å². The van der Waals surface area contributed by atoms with Crippen molar-refractivity contribution in [2.24, 2.45) is 0 Å². The highest BCUT2D eigenvalue weighted by Gasteiger charge is 2.21. The quantitative estimate of drug-likeness (QED) is 0.781. The van der Waals surface area contributed by atoms with Crippen LogP contribution in [0.4, 0.5) is 5.69 Å². The lowest BCUT2D eigenvalue weighted by Gasteiger charge is -2.24. The fraction of sp³-hybridized carbons (Fsp3) is 0.500. The zero-order chi connectivity index (χ0) is 18.5. The summed E-state index contributed by atoms with van der Waals surface area (Å²) in [6, 6.07) is 6.08. The summed E-state index contributed by atoms with van der Waals surface area (Å²) in [6.45, 7) is 5.52. The Hall–Kier alpha value is -2.09. The van der Waals surface area contributed by atoms with Crippen molar-refractivity contribution in [1.82, 2.24) is 5.32 Å². The van der Waals surface area contributed by atoms with Gasteiger partial charge in [0, 0.05) is 18.5 Å². The van der Waals surface area contributed by atoms with Crippen LogP contribution in [-0.2, 0) is 19.6 Å². The number of hydrogen-bond acceptors (Lipinski definition) is 5. The molecule has 134 valence electrons. The van der Waals surface area contributed by atoms with E-state index in [-0.39, 0.29) is 24.4 Å². The van der Waals surface area contributed by atoms with Gasteiger partial charge in [-0.25, -0.2) is 13.2 Å². The van der Waals surface area contributed by atoms with Crippen LogP contribution in [0.2, 0.25) is 0 Å². The van der Waals surface area contributed by atoms with Crippen LogP contribution in [-0.4, -0.2) is 45.7 Å². The molecule has 8 heteroatoms. The Kier molecular flexibility index (Phi) is 6.36. The Labute approximate surface area is 143 Å². The molecule has 0 atom stereocenters. The minimum Gasteiger partial charge on any atom is -0.465 e. The summed E-state index contributed by atoms with van der Waals surface area (Å²) < 4.78 is 29.9. The predicted molar refractivity (Wildman–Crippen MR) is 92.5 cm³/mol. The maximum Gasteiger partial charge on any atom is 0.337 e. The molecule has 24 heavy (non-hydrogen) atoms. The Morgan fingerprint density at radius 3 is 2.38 bits per heavy atom. The molecule has 1 aromatic rings. The number of anilines is 1. The van der Waals surface area contributed by atoms with E-state index in [0.29, 0.717) is 5.69 Å². The van der Waals surface area contributed by atoms with E-state index in [1.54, 1.807) is 12.1 Å². The van der Waals surface area contributed by atoms with Crippen LogP contribution in [0.1, 0.15) is 37.6 Å². The predicted octanol–water partition coefficient (Wildman–Crippen LogP) is 1.54. The smallest absolute Gasteiger partial charge is 0.337 e. The lowest BCUT2D eigenvalue weighted by Crippen LogP contribution is -2.42. The highest BCUT2D eigenvalue weighted by Crippen LogP contribution is 2.20. The molecule has 1 aromatic carbocycles. The Bertz CT molecular complexity index is 707. The highest BCUT2D eigenvalue weighted by atomic mass is 32.2. The van der Waals surface area contributed by atoms with Crippen molar-refractivity contribution in [3.8, 4) is 0 Å². The second-order valence-corrected chi connectivity index (χ2v) is 8.33. The van der Waals surface area contributed by atoms with E-state index in [4.69, 9.17) is 0 Å². The summed E-state index contributed by atoms with van der Waals surface area (Å²) in [6.07, 6.45) is 1.06. The van der Waals surface area contributed by atoms with E-state index in [1.807, 2.05) is 20.8 Å². The van der Waals surface area contributed by atoms with Gasteiger partial charge in [0.05, 0.1) is 24.6 Å². The van der Waals surface area contributed by atoms with Gasteiger partial charge in [0.25, 0.3) is 0 Å². The maximum absolute atomic E-state index is 12.1. The van der Waals surface area contributed by atoms with Crippen LogP contribution >= 0.6 is 0 Å². The van der Waals surface area contributed by atoms with Crippen LogP contribution in [0.3, 0.4) is 0 Å². The van der Waals surface area contributed by atoms with Gasteiger partial charge >= 0.3 is 5.97 Å². The molecule has 0 fully saturated rings. The van der Waals surface area contributed by atoms with Gasteiger partial charge in [0.1, 0.15) is 0 Å². The van der Waals surface area contributed by atoms with Gasteiger partial charge in [-0.05, 0) is 39.0 Å². The first-order chi connectivity index (χ1) is 10.9. The number of esters is 1. The van der Waals surface area contributed by atoms with E-state index in [9.17, 15) is 18.0 Å². The largest absolute Gasteiger partial charge is 0.465 e. The van der Waals surface area contributed by atoms with Crippen molar-refractivity contribution in [3.05, 3.63) is 29.8 Å². The summed E-state index contributed by atoms with van der Waals surface area (Å²) in [5.41, 5.74) is 0.157.